The number of aliphatic hydroxyl groups is 1. The van der Waals surface area contributed by atoms with E-state index in [-0.39, 0.29) is 0 Å². The van der Waals surface area contributed by atoms with Crippen LogP contribution in [0.3, 0.4) is 0 Å². The van der Waals surface area contributed by atoms with Gasteiger partial charge in [0.15, 0.2) is 0 Å². The molecule has 1 fully saturated rings. The molecule has 1 aliphatic carbocycles. The standard InChI is InChI=1S/C17H24N2O2/c18-10-3-4-11-21-16-7-5-6-15(12-16)13-19-14-17(20)8-1-2-9-17/h5-7,12,19-20H,1-4,8-9,11,13-14H2. The normalized spacial score (nSPS) is 16.6. The molecule has 4 heteroatoms. The number of nitrogens with zero attached hydrogens (tertiary/aromatic N) is 1. The van der Waals surface area contributed by atoms with Crippen molar-refractivity contribution < 1.29 is 9.84 Å². The van der Waals surface area contributed by atoms with E-state index < -0.39 is 5.60 Å². The fourth-order valence-electron chi connectivity index (χ4n) is 2.74. The Kier molecular flexibility index (Phi) is 6.04. The van der Waals surface area contributed by atoms with Gasteiger partial charge in [-0.1, -0.05) is 25.0 Å². The monoisotopic (exact) mass is 288 g/mol. The number of nitrogens with one attached hydrogen (secondary N) is 1. The molecule has 4 nitrogen and oxygen atoms in total. The molecular formula is C17H24N2O2. The van der Waals surface area contributed by atoms with Gasteiger partial charge in [0, 0.05) is 19.5 Å². The lowest BCUT2D eigenvalue weighted by Gasteiger charge is -2.22. The third kappa shape index (κ3) is 5.37. The van der Waals surface area contributed by atoms with Gasteiger partial charge in [-0.2, -0.15) is 5.26 Å². The van der Waals surface area contributed by atoms with Crippen molar-refractivity contribution >= 4 is 0 Å². The van der Waals surface area contributed by atoms with Crippen molar-refractivity contribution in [2.75, 3.05) is 13.2 Å². The number of unbranched alkanes of at least 4 members (excludes halogenated alkanes) is 1. The van der Waals surface area contributed by atoms with Gasteiger partial charge < -0.3 is 15.2 Å². The lowest BCUT2D eigenvalue weighted by Crippen LogP contribution is -2.37. The van der Waals surface area contributed by atoms with Crippen LogP contribution in [-0.2, 0) is 6.54 Å². The number of rotatable bonds is 8. The van der Waals surface area contributed by atoms with Crippen LogP contribution in [0.25, 0.3) is 0 Å². The summed E-state index contributed by atoms with van der Waals surface area (Å²) in [5.74, 6) is 0.840. The van der Waals surface area contributed by atoms with Crippen molar-refractivity contribution in [3.63, 3.8) is 0 Å². The Morgan fingerprint density at radius 3 is 2.90 bits per heavy atom. The number of nitriles is 1. The maximum absolute atomic E-state index is 10.3. The number of benzene rings is 1. The van der Waals surface area contributed by atoms with Crippen LogP contribution in [0.5, 0.6) is 5.75 Å². The topological polar surface area (TPSA) is 65.3 Å². The Hall–Kier alpha value is -1.57. The van der Waals surface area contributed by atoms with Crippen LogP contribution in [0, 0.1) is 11.3 Å². The van der Waals surface area contributed by atoms with E-state index in [1.807, 2.05) is 24.3 Å². The van der Waals surface area contributed by atoms with Gasteiger partial charge >= 0.3 is 0 Å². The summed E-state index contributed by atoms with van der Waals surface area (Å²) in [5, 5.41) is 22.1. The van der Waals surface area contributed by atoms with Crippen LogP contribution < -0.4 is 10.1 Å². The molecule has 0 heterocycles. The van der Waals surface area contributed by atoms with Gasteiger partial charge in [0.2, 0.25) is 0 Å². The Labute approximate surface area is 126 Å². The van der Waals surface area contributed by atoms with Gasteiger partial charge in [-0.3, -0.25) is 0 Å². The Morgan fingerprint density at radius 1 is 1.33 bits per heavy atom. The van der Waals surface area contributed by atoms with Gasteiger partial charge in [0.1, 0.15) is 5.75 Å². The summed E-state index contributed by atoms with van der Waals surface area (Å²) in [6.45, 7) is 1.96. The van der Waals surface area contributed by atoms with Crippen molar-refractivity contribution in [3.05, 3.63) is 29.8 Å². The molecule has 0 radical (unpaired) electrons. The molecule has 0 atom stereocenters. The molecule has 0 amide bonds. The minimum atomic E-state index is -0.509. The highest BCUT2D eigenvalue weighted by molar-refractivity contribution is 5.28. The molecular weight excluding hydrogens is 264 g/mol. The van der Waals surface area contributed by atoms with E-state index in [0.717, 1.165) is 50.0 Å². The molecule has 0 spiro atoms. The van der Waals surface area contributed by atoms with Crippen molar-refractivity contribution in [2.24, 2.45) is 0 Å². The van der Waals surface area contributed by atoms with Crippen molar-refractivity contribution in [1.29, 1.82) is 5.26 Å². The summed E-state index contributed by atoms with van der Waals surface area (Å²) in [7, 11) is 0. The molecule has 1 aromatic carbocycles. The van der Waals surface area contributed by atoms with E-state index in [9.17, 15) is 5.11 Å². The van der Waals surface area contributed by atoms with Crippen LogP contribution in [0.15, 0.2) is 24.3 Å². The zero-order valence-electron chi connectivity index (χ0n) is 12.5. The van der Waals surface area contributed by atoms with Crippen LogP contribution in [0.2, 0.25) is 0 Å². The summed E-state index contributed by atoms with van der Waals surface area (Å²) in [5.41, 5.74) is 0.639. The number of hydrogen-bond acceptors (Lipinski definition) is 4. The predicted octanol–water partition coefficient (Wildman–Crippen LogP) is 2.76. The molecule has 1 aliphatic rings. The first-order valence-electron chi connectivity index (χ1n) is 7.74. The minimum Gasteiger partial charge on any atom is -0.494 e. The smallest absolute Gasteiger partial charge is 0.119 e. The van der Waals surface area contributed by atoms with Crippen LogP contribution in [-0.4, -0.2) is 23.9 Å². The van der Waals surface area contributed by atoms with E-state index in [4.69, 9.17) is 10.00 Å². The first-order valence-corrected chi connectivity index (χ1v) is 7.74. The lowest BCUT2D eigenvalue weighted by molar-refractivity contribution is 0.0475. The molecule has 0 aromatic heterocycles. The maximum Gasteiger partial charge on any atom is 0.119 e. The van der Waals surface area contributed by atoms with Crippen molar-refractivity contribution in [3.8, 4) is 11.8 Å². The molecule has 0 saturated heterocycles. The fourth-order valence-corrected chi connectivity index (χ4v) is 2.74. The van der Waals surface area contributed by atoms with E-state index in [1.54, 1.807) is 0 Å². The highest BCUT2D eigenvalue weighted by atomic mass is 16.5. The SMILES string of the molecule is N#CCCCOc1cccc(CNCC2(O)CCCC2)c1. The largest absolute Gasteiger partial charge is 0.494 e. The lowest BCUT2D eigenvalue weighted by atomic mass is 10.0. The molecule has 1 saturated carbocycles. The zero-order valence-corrected chi connectivity index (χ0v) is 12.5. The summed E-state index contributed by atoms with van der Waals surface area (Å²) in [6, 6.07) is 10.1. The number of hydrogen-bond donors (Lipinski definition) is 2. The molecule has 0 unspecified atom stereocenters. The maximum atomic E-state index is 10.3. The van der Waals surface area contributed by atoms with Gasteiger partial charge in [-0.25, -0.2) is 0 Å². The van der Waals surface area contributed by atoms with E-state index in [1.165, 1.54) is 0 Å². The average molecular weight is 288 g/mol. The molecule has 21 heavy (non-hydrogen) atoms. The van der Waals surface area contributed by atoms with Gasteiger partial charge in [0.25, 0.3) is 0 Å². The summed E-state index contributed by atoms with van der Waals surface area (Å²) >= 11 is 0. The highest BCUT2D eigenvalue weighted by Gasteiger charge is 2.30. The third-order valence-corrected chi connectivity index (χ3v) is 3.92. The minimum absolute atomic E-state index is 0.509. The molecule has 2 rings (SSSR count). The molecule has 1 aromatic rings. The second-order valence-electron chi connectivity index (χ2n) is 5.79. The van der Waals surface area contributed by atoms with E-state index in [2.05, 4.69) is 11.4 Å². The summed E-state index contributed by atoms with van der Waals surface area (Å²) in [6.07, 6.45) is 5.35. The van der Waals surface area contributed by atoms with Crippen molar-refractivity contribution in [1.82, 2.24) is 5.32 Å². The summed E-state index contributed by atoms with van der Waals surface area (Å²) < 4.78 is 5.62. The second-order valence-corrected chi connectivity index (χ2v) is 5.79. The third-order valence-electron chi connectivity index (χ3n) is 3.92. The van der Waals surface area contributed by atoms with Crippen LogP contribution in [0.4, 0.5) is 0 Å². The molecule has 0 bridgehead atoms. The van der Waals surface area contributed by atoms with Gasteiger partial charge in [-0.15, -0.1) is 0 Å². The predicted molar refractivity (Wildman–Crippen MR) is 81.9 cm³/mol. The fraction of sp³-hybridized carbons (Fsp3) is 0.588. The summed E-state index contributed by atoms with van der Waals surface area (Å²) in [4.78, 5) is 0. The Morgan fingerprint density at radius 2 is 2.14 bits per heavy atom. The quantitative estimate of drug-likeness (QED) is 0.722. The highest BCUT2D eigenvalue weighted by Crippen LogP contribution is 2.28. The van der Waals surface area contributed by atoms with Gasteiger partial charge in [0.05, 0.1) is 18.3 Å². The molecule has 0 aliphatic heterocycles. The van der Waals surface area contributed by atoms with Crippen LogP contribution in [0.1, 0.15) is 44.1 Å². The van der Waals surface area contributed by atoms with Crippen molar-refractivity contribution in [2.45, 2.75) is 50.7 Å². The second kappa shape index (κ2) is 8.02. The Bertz CT molecular complexity index is 476. The Balaban J connectivity index is 1.74. The first kappa shape index (κ1) is 15.8. The van der Waals surface area contributed by atoms with Crippen LogP contribution >= 0.6 is 0 Å². The zero-order chi connectivity index (χ0) is 15.0. The van der Waals surface area contributed by atoms with Gasteiger partial charge in [-0.05, 0) is 37.0 Å². The average Bonchev–Trinajstić information content (AvgIpc) is 2.91. The molecule has 2 N–H and O–H groups in total. The molecule has 114 valence electrons. The van der Waals surface area contributed by atoms with E-state index >= 15 is 0 Å². The number of ether oxygens (including phenoxy) is 1. The van der Waals surface area contributed by atoms with E-state index in [0.29, 0.717) is 19.6 Å². The first-order chi connectivity index (χ1) is 10.2.